The van der Waals surface area contributed by atoms with Crippen LogP contribution >= 0.6 is 0 Å². The summed E-state index contributed by atoms with van der Waals surface area (Å²) in [4.78, 5) is 17.8. The monoisotopic (exact) mass is 460 g/mol. The predicted molar refractivity (Wildman–Crippen MR) is 109 cm³/mol. The van der Waals surface area contributed by atoms with E-state index in [0.29, 0.717) is 36.6 Å². The van der Waals surface area contributed by atoms with Crippen molar-refractivity contribution in [2.24, 2.45) is 0 Å². The van der Waals surface area contributed by atoms with Crippen molar-refractivity contribution >= 4 is 5.82 Å². The number of nitrogens with zero attached hydrogens (tertiary/aromatic N) is 4. The van der Waals surface area contributed by atoms with Crippen LogP contribution in [0.3, 0.4) is 0 Å². The van der Waals surface area contributed by atoms with Gasteiger partial charge in [-0.1, -0.05) is 6.07 Å². The highest BCUT2D eigenvalue weighted by atomic mass is 19.4. The van der Waals surface area contributed by atoms with Crippen LogP contribution in [-0.4, -0.2) is 23.1 Å². The molecule has 0 atom stereocenters. The van der Waals surface area contributed by atoms with E-state index >= 15 is 0 Å². The number of benzene rings is 2. The third-order valence-electron chi connectivity index (χ3n) is 4.99. The second kappa shape index (κ2) is 8.46. The summed E-state index contributed by atoms with van der Waals surface area (Å²) >= 11 is 0. The quantitative estimate of drug-likeness (QED) is 0.534. The molecule has 4 rings (SSSR count). The van der Waals surface area contributed by atoms with Crippen LogP contribution in [0.4, 0.5) is 23.4 Å². The van der Waals surface area contributed by atoms with Gasteiger partial charge in [-0.2, -0.15) is 23.4 Å². The molecule has 7 nitrogen and oxygen atoms in total. The number of hydrogen-bond donors (Lipinski definition) is 0. The van der Waals surface area contributed by atoms with Crippen molar-refractivity contribution in [2.45, 2.75) is 19.3 Å². The zero-order valence-electron chi connectivity index (χ0n) is 17.2. The Bertz CT molecular complexity index is 1310. The van der Waals surface area contributed by atoms with Gasteiger partial charge in [0.1, 0.15) is 18.2 Å². The van der Waals surface area contributed by atoms with Gasteiger partial charge < -0.3 is 14.4 Å². The topological polar surface area (TPSA) is 80.4 Å². The first kappa shape index (κ1) is 22.1. The highest BCUT2D eigenvalue weighted by Crippen LogP contribution is 2.34. The van der Waals surface area contributed by atoms with Crippen LogP contribution < -0.4 is 20.1 Å². The lowest BCUT2D eigenvalue weighted by molar-refractivity contribution is -0.137. The van der Waals surface area contributed by atoms with Crippen molar-refractivity contribution in [1.29, 1.82) is 5.26 Å². The maximum atomic E-state index is 14.5. The fourth-order valence-electron chi connectivity index (χ4n) is 3.33. The molecule has 2 heterocycles. The molecular weight excluding hydrogens is 444 g/mol. The van der Waals surface area contributed by atoms with Gasteiger partial charge in [-0.25, -0.2) is 9.18 Å². The second-order valence-corrected chi connectivity index (χ2v) is 7.32. The molecule has 0 saturated heterocycles. The van der Waals surface area contributed by atoms with E-state index in [1.807, 2.05) is 11.9 Å². The maximum Gasteiger partial charge on any atom is 0.416 e. The first-order valence-electron chi connectivity index (χ1n) is 9.68. The fourth-order valence-corrected chi connectivity index (χ4v) is 3.33. The van der Waals surface area contributed by atoms with Gasteiger partial charge in [-0.05, 0) is 35.9 Å². The van der Waals surface area contributed by atoms with Gasteiger partial charge >= 0.3 is 11.9 Å². The molecule has 0 bridgehead atoms. The molecular formula is C22H16F4N4O3. The summed E-state index contributed by atoms with van der Waals surface area (Å²) < 4.78 is 65.9. The first-order valence-corrected chi connectivity index (χ1v) is 9.68. The molecule has 2 aromatic carbocycles. The molecule has 0 spiro atoms. The van der Waals surface area contributed by atoms with Crippen LogP contribution in [0.5, 0.6) is 17.4 Å². The minimum atomic E-state index is -4.69. The summed E-state index contributed by atoms with van der Waals surface area (Å²) in [6, 6.07) is 9.48. The van der Waals surface area contributed by atoms with E-state index in [-0.39, 0.29) is 29.5 Å². The molecule has 0 radical (unpaired) electrons. The third kappa shape index (κ3) is 4.74. The molecule has 1 aliphatic rings. The van der Waals surface area contributed by atoms with Gasteiger partial charge in [0.15, 0.2) is 11.6 Å². The second-order valence-electron chi connectivity index (χ2n) is 7.32. The average molecular weight is 460 g/mol. The summed E-state index contributed by atoms with van der Waals surface area (Å²) in [7, 11) is 1.83. The van der Waals surface area contributed by atoms with E-state index in [9.17, 15) is 22.4 Å². The van der Waals surface area contributed by atoms with Gasteiger partial charge in [-0.15, -0.1) is 0 Å². The number of likely N-dealkylation sites (N-methyl/N-ethyl adjacent to an activating group) is 1. The zero-order chi connectivity index (χ0) is 23.8. The average Bonchev–Trinajstić information content (AvgIpc) is 3.14. The summed E-state index contributed by atoms with van der Waals surface area (Å²) in [6.07, 6.45) is -4.69. The van der Waals surface area contributed by atoms with Crippen molar-refractivity contribution in [2.75, 3.05) is 18.5 Å². The Morgan fingerprint density at radius 2 is 1.94 bits per heavy atom. The summed E-state index contributed by atoms with van der Waals surface area (Å²) in [5.41, 5.74) is -1.41. The number of anilines is 1. The highest BCUT2D eigenvalue weighted by molar-refractivity contribution is 5.45. The number of alkyl halides is 3. The van der Waals surface area contributed by atoms with Crippen molar-refractivity contribution in [3.63, 3.8) is 0 Å². The molecule has 0 unspecified atom stereocenters. The van der Waals surface area contributed by atoms with Crippen LogP contribution in [0.15, 0.2) is 47.3 Å². The lowest BCUT2D eigenvalue weighted by Crippen LogP contribution is -2.22. The molecule has 0 aliphatic carbocycles. The van der Waals surface area contributed by atoms with Crippen LogP contribution in [-0.2, 0) is 19.3 Å². The maximum absolute atomic E-state index is 14.5. The lowest BCUT2D eigenvalue weighted by atomic mass is 10.1. The molecule has 1 aliphatic heterocycles. The van der Waals surface area contributed by atoms with E-state index in [0.717, 1.165) is 12.1 Å². The van der Waals surface area contributed by atoms with Gasteiger partial charge in [-0.3, -0.25) is 4.57 Å². The first-order chi connectivity index (χ1) is 15.6. The van der Waals surface area contributed by atoms with Crippen LogP contribution in [0.2, 0.25) is 0 Å². The Hall–Kier alpha value is -4.07. The summed E-state index contributed by atoms with van der Waals surface area (Å²) in [5, 5.41) is 8.96. The van der Waals surface area contributed by atoms with Gasteiger partial charge in [0.05, 0.1) is 17.2 Å². The Morgan fingerprint density at radius 1 is 1.15 bits per heavy atom. The van der Waals surface area contributed by atoms with Crippen molar-refractivity contribution in [3.05, 3.63) is 75.5 Å². The van der Waals surface area contributed by atoms with Crippen LogP contribution in [0.25, 0.3) is 0 Å². The Balaban J connectivity index is 1.50. The van der Waals surface area contributed by atoms with Crippen molar-refractivity contribution < 1.29 is 27.0 Å². The highest BCUT2D eigenvalue weighted by Gasteiger charge is 2.31. The van der Waals surface area contributed by atoms with Crippen LogP contribution in [0, 0.1) is 17.1 Å². The number of rotatable bonds is 5. The summed E-state index contributed by atoms with van der Waals surface area (Å²) in [6.45, 7) is 1.11. The van der Waals surface area contributed by atoms with Gasteiger partial charge in [0, 0.05) is 26.2 Å². The number of halogens is 4. The minimum absolute atomic E-state index is 0.0914. The molecule has 3 aromatic rings. The minimum Gasteiger partial charge on any atom is -0.473 e. The number of nitriles is 1. The Labute approximate surface area is 185 Å². The smallest absolute Gasteiger partial charge is 0.416 e. The molecule has 0 amide bonds. The van der Waals surface area contributed by atoms with E-state index < -0.39 is 23.2 Å². The molecule has 1 aromatic heterocycles. The molecule has 0 N–H and O–H groups in total. The number of fused-ring (bicyclic) bond motifs is 1. The molecule has 0 fully saturated rings. The molecule has 33 heavy (non-hydrogen) atoms. The zero-order valence-corrected chi connectivity index (χ0v) is 17.2. The fraction of sp³-hybridized carbons (Fsp3) is 0.227. The van der Waals surface area contributed by atoms with Crippen molar-refractivity contribution in [3.8, 4) is 23.4 Å². The Morgan fingerprint density at radius 3 is 2.64 bits per heavy atom. The van der Waals surface area contributed by atoms with Gasteiger partial charge in [0.2, 0.25) is 5.88 Å². The lowest BCUT2D eigenvalue weighted by Gasteiger charge is -2.13. The number of ether oxygens (including phenoxy) is 2. The normalized spacial score (nSPS) is 12.9. The Kier molecular flexibility index (Phi) is 5.68. The van der Waals surface area contributed by atoms with E-state index in [1.54, 1.807) is 12.1 Å². The standard InChI is InChI=1S/C22H16F4N4O3/c1-29-4-5-30-20(29)10-19(28-21(30)31)32-12-13-2-3-18(17(23)8-13)33-16-7-14(11-27)6-15(9-16)22(24,25)26/h2-3,6-10H,4-5,12H2,1H3. The van der Waals surface area contributed by atoms with Crippen molar-refractivity contribution in [1.82, 2.24) is 9.55 Å². The van der Waals surface area contributed by atoms with Crippen LogP contribution in [0.1, 0.15) is 16.7 Å². The number of aromatic nitrogens is 2. The molecule has 170 valence electrons. The predicted octanol–water partition coefficient (Wildman–Crippen LogP) is 4.09. The van der Waals surface area contributed by atoms with E-state index in [1.165, 1.54) is 16.7 Å². The number of hydrogen-bond acceptors (Lipinski definition) is 6. The SMILES string of the molecule is CN1CCn2c1cc(OCc1ccc(Oc3cc(C#N)cc(C(F)(F)F)c3)c(F)c1)nc2=O. The third-order valence-corrected chi connectivity index (χ3v) is 4.99. The largest absolute Gasteiger partial charge is 0.473 e. The van der Waals surface area contributed by atoms with E-state index in [2.05, 4.69) is 4.98 Å². The summed E-state index contributed by atoms with van der Waals surface area (Å²) in [5.74, 6) is -0.728. The van der Waals surface area contributed by atoms with E-state index in [4.69, 9.17) is 14.7 Å². The van der Waals surface area contributed by atoms with Gasteiger partial charge in [0.25, 0.3) is 0 Å². The molecule has 11 heteroatoms. The molecule has 0 saturated carbocycles.